The van der Waals surface area contributed by atoms with Crippen LogP contribution in [0.3, 0.4) is 0 Å². The van der Waals surface area contributed by atoms with Crippen LogP contribution in [0, 0.1) is 11.3 Å². The molecule has 1 saturated heterocycles. The van der Waals surface area contributed by atoms with Crippen molar-refractivity contribution >= 4 is 12.1 Å². The maximum absolute atomic E-state index is 11.6. The summed E-state index contributed by atoms with van der Waals surface area (Å²) >= 11 is 0. The van der Waals surface area contributed by atoms with Crippen molar-refractivity contribution in [3.8, 4) is 0 Å². The summed E-state index contributed by atoms with van der Waals surface area (Å²) in [7, 11) is 0. The summed E-state index contributed by atoms with van der Waals surface area (Å²) in [6.45, 7) is 0.719. The van der Waals surface area contributed by atoms with E-state index in [1.54, 1.807) is 0 Å². The fourth-order valence-corrected chi connectivity index (χ4v) is 3.37. The summed E-state index contributed by atoms with van der Waals surface area (Å²) in [5.41, 5.74) is -0.664. The predicted octanol–water partition coefficient (Wildman–Crippen LogP) is 2.02. The number of nitrogens with zero attached hydrogens (tertiary/aromatic N) is 1. The highest BCUT2D eigenvalue weighted by Gasteiger charge is 2.48. The molecule has 2 N–H and O–H groups in total. The van der Waals surface area contributed by atoms with Gasteiger partial charge in [0.2, 0.25) is 0 Å². The van der Waals surface area contributed by atoms with Gasteiger partial charge < -0.3 is 15.1 Å². The van der Waals surface area contributed by atoms with E-state index < -0.39 is 17.5 Å². The van der Waals surface area contributed by atoms with Crippen molar-refractivity contribution in [1.82, 2.24) is 4.90 Å². The van der Waals surface area contributed by atoms with Crippen LogP contribution in [-0.4, -0.2) is 40.3 Å². The largest absolute Gasteiger partial charge is 0.481 e. The molecular weight excluding hydrogens is 222 g/mol. The Morgan fingerprint density at radius 2 is 1.59 bits per heavy atom. The molecule has 2 rings (SSSR count). The summed E-state index contributed by atoms with van der Waals surface area (Å²) in [5, 5.41) is 18.4. The van der Waals surface area contributed by atoms with E-state index >= 15 is 0 Å². The lowest BCUT2D eigenvalue weighted by atomic mass is 9.68. The maximum Gasteiger partial charge on any atom is 0.407 e. The van der Waals surface area contributed by atoms with E-state index in [4.69, 9.17) is 5.11 Å². The summed E-state index contributed by atoms with van der Waals surface area (Å²) in [6, 6.07) is 0. The number of piperidine rings is 1. The molecule has 1 aliphatic heterocycles. The Morgan fingerprint density at radius 1 is 1.06 bits per heavy atom. The number of aliphatic carboxylic acids is 1. The average Bonchev–Trinajstić information content (AvgIpc) is 2.82. The molecule has 96 valence electrons. The first-order valence-electron chi connectivity index (χ1n) is 6.27. The first-order chi connectivity index (χ1) is 8.06. The zero-order valence-electron chi connectivity index (χ0n) is 9.89. The molecule has 1 saturated carbocycles. The third-order valence-electron chi connectivity index (χ3n) is 4.49. The Bertz CT molecular complexity index is 314. The maximum atomic E-state index is 11.6. The third kappa shape index (κ3) is 2.10. The second-order valence-corrected chi connectivity index (χ2v) is 5.21. The van der Waals surface area contributed by atoms with Crippen LogP contribution in [0.25, 0.3) is 0 Å². The van der Waals surface area contributed by atoms with Crippen LogP contribution in [0.1, 0.15) is 38.5 Å². The highest BCUT2D eigenvalue weighted by atomic mass is 16.4. The third-order valence-corrected chi connectivity index (χ3v) is 4.49. The molecule has 0 unspecified atom stereocenters. The van der Waals surface area contributed by atoms with Gasteiger partial charge in [-0.05, 0) is 31.6 Å². The number of hydrogen-bond acceptors (Lipinski definition) is 2. The fraction of sp³-hybridized carbons (Fsp3) is 0.833. The molecule has 5 heteroatoms. The smallest absolute Gasteiger partial charge is 0.407 e. The second-order valence-electron chi connectivity index (χ2n) is 5.21. The Morgan fingerprint density at radius 3 is 2.00 bits per heavy atom. The molecule has 0 radical (unpaired) electrons. The molecule has 1 aliphatic carbocycles. The van der Waals surface area contributed by atoms with E-state index in [0.717, 1.165) is 25.7 Å². The Labute approximate surface area is 100 Å². The van der Waals surface area contributed by atoms with Gasteiger partial charge in [-0.15, -0.1) is 0 Å². The summed E-state index contributed by atoms with van der Waals surface area (Å²) in [5.74, 6) is -0.481. The van der Waals surface area contributed by atoms with Crippen LogP contribution in [0.2, 0.25) is 0 Å². The lowest BCUT2D eigenvalue weighted by Gasteiger charge is -2.41. The molecule has 0 aromatic heterocycles. The van der Waals surface area contributed by atoms with E-state index in [-0.39, 0.29) is 5.92 Å². The van der Waals surface area contributed by atoms with Crippen LogP contribution >= 0.6 is 0 Å². The van der Waals surface area contributed by atoms with Crippen molar-refractivity contribution in [2.45, 2.75) is 38.5 Å². The number of carbonyl (C=O) groups is 2. The molecule has 1 heterocycles. The molecule has 0 bridgehead atoms. The summed E-state index contributed by atoms with van der Waals surface area (Å²) in [4.78, 5) is 23.7. The van der Waals surface area contributed by atoms with Crippen LogP contribution in [0.5, 0.6) is 0 Å². The SMILES string of the molecule is O=C(O)N1CCC(C(=O)O)(C2CCCC2)CC1. The zero-order valence-corrected chi connectivity index (χ0v) is 9.89. The Balaban J connectivity index is 2.10. The number of amides is 1. The van der Waals surface area contributed by atoms with Crippen LogP contribution in [0.4, 0.5) is 4.79 Å². The van der Waals surface area contributed by atoms with Gasteiger partial charge in [0.05, 0.1) is 5.41 Å². The molecular formula is C12H19NO4. The quantitative estimate of drug-likeness (QED) is 0.775. The highest BCUT2D eigenvalue weighted by molar-refractivity contribution is 5.76. The van der Waals surface area contributed by atoms with Crippen LogP contribution in [0.15, 0.2) is 0 Å². The Hall–Kier alpha value is -1.26. The van der Waals surface area contributed by atoms with Crippen molar-refractivity contribution in [1.29, 1.82) is 0 Å². The van der Waals surface area contributed by atoms with Crippen molar-refractivity contribution < 1.29 is 19.8 Å². The lowest BCUT2D eigenvalue weighted by Crippen LogP contribution is -2.49. The average molecular weight is 241 g/mol. The topological polar surface area (TPSA) is 77.8 Å². The first kappa shape index (κ1) is 12.2. The molecule has 2 fully saturated rings. The van der Waals surface area contributed by atoms with Crippen molar-refractivity contribution in [3.63, 3.8) is 0 Å². The number of carboxylic acid groups (broad SMARTS) is 2. The lowest BCUT2D eigenvalue weighted by molar-refractivity contribution is -0.156. The van der Waals surface area contributed by atoms with E-state index in [0.29, 0.717) is 25.9 Å². The van der Waals surface area contributed by atoms with Crippen LogP contribution < -0.4 is 0 Å². The number of rotatable bonds is 2. The van der Waals surface area contributed by atoms with Gasteiger partial charge in [0.15, 0.2) is 0 Å². The van der Waals surface area contributed by atoms with Crippen molar-refractivity contribution in [2.75, 3.05) is 13.1 Å². The van der Waals surface area contributed by atoms with Gasteiger partial charge in [0.1, 0.15) is 0 Å². The van der Waals surface area contributed by atoms with Gasteiger partial charge in [-0.25, -0.2) is 4.79 Å². The first-order valence-corrected chi connectivity index (χ1v) is 6.27. The second kappa shape index (κ2) is 4.55. The molecule has 5 nitrogen and oxygen atoms in total. The molecule has 17 heavy (non-hydrogen) atoms. The molecule has 0 atom stereocenters. The van der Waals surface area contributed by atoms with Crippen molar-refractivity contribution in [2.24, 2.45) is 11.3 Å². The van der Waals surface area contributed by atoms with Gasteiger partial charge in [0.25, 0.3) is 0 Å². The molecule has 0 aromatic carbocycles. The van der Waals surface area contributed by atoms with E-state index in [1.807, 2.05) is 0 Å². The Kier molecular flexibility index (Phi) is 3.26. The zero-order chi connectivity index (χ0) is 12.5. The van der Waals surface area contributed by atoms with Gasteiger partial charge in [-0.2, -0.15) is 0 Å². The van der Waals surface area contributed by atoms with E-state index in [9.17, 15) is 14.7 Å². The number of likely N-dealkylation sites (tertiary alicyclic amines) is 1. The van der Waals surface area contributed by atoms with E-state index in [2.05, 4.69) is 0 Å². The van der Waals surface area contributed by atoms with Crippen molar-refractivity contribution in [3.05, 3.63) is 0 Å². The normalized spacial score (nSPS) is 24.8. The van der Waals surface area contributed by atoms with Crippen LogP contribution in [-0.2, 0) is 4.79 Å². The number of carboxylic acids is 1. The standard InChI is InChI=1S/C12H19NO4/c14-10(15)12(9-3-1-2-4-9)5-7-13(8-6-12)11(16)17/h9H,1-8H2,(H,14,15)(H,16,17). The highest BCUT2D eigenvalue weighted by Crippen LogP contribution is 2.47. The predicted molar refractivity (Wildman–Crippen MR) is 60.9 cm³/mol. The monoisotopic (exact) mass is 241 g/mol. The fourth-order valence-electron chi connectivity index (χ4n) is 3.37. The minimum Gasteiger partial charge on any atom is -0.481 e. The summed E-state index contributed by atoms with van der Waals surface area (Å²) in [6.07, 6.45) is 4.21. The minimum atomic E-state index is -0.935. The van der Waals surface area contributed by atoms with E-state index in [1.165, 1.54) is 4.90 Å². The number of hydrogen-bond donors (Lipinski definition) is 2. The van der Waals surface area contributed by atoms with Gasteiger partial charge in [-0.3, -0.25) is 4.79 Å². The minimum absolute atomic E-state index is 0.246. The summed E-state index contributed by atoms with van der Waals surface area (Å²) < 4.78 is 0. The van der Waals surface area contributed by atoms with Gasteiger partial charge >= 0.3 is 12.1 Å². The van der Waals surface area contributed by atoms with Gasteiger partial charge in [-0.1, -0.05) is 12.8 Å². The molecule has 0 aromatic rings. The molecule has 0 spiro atoms. The molecule has 2 aliphatic rings. The molecule has 1 amide bonds. The van der Waals surface area contributed by atoms with Gasteiger partial charge in [0, 0.05) is 13.1 Å².